The van der Waals surface area contributed by atoms with Gasteiger partial charge in [-0.15, -0.1) is 0 Å². The number of ether oxygens (including phenoxy) is 1. The second kappa shape index (κ2) is 8.33. The third-order valence-corrected chi connectivity index (χ3v) is 3.66. The molecule has 0 saturated carbocycles. The Bertz CT molecular complexity index is 477. The molecule has 0 aliphatic carbocycles. The molecule has 0 saturated heterocycles. The number of nitrogens with one attached hydrogen (secondary N) is 1. The van der Waals surface area contributed by atoms with Crippen molar-refractivity contribution in [3.63, 3.8) is 0 Å². The quantitative estimate of drug-likeness (QED) is 0.457. The summed E-state index contributed by atoms with van der Waals surface area (Å²) in [6.45, 7) is 0.652. The van der Waals surface area contributed by atoms with E-state index in [-0.39, 0.29) is 18.2 Å². The van der Waals surface area contributed by atoms with E-state index in [4.69, 9.17) is 9.29 Å². The number of aliphatic hydroxyl groups excluding tert-OH is 1. The van der Waals surface area contributed by atoms with Crippen LogP contribution in [-0.2, 0) is 14.9 Å². The van der Waals surface area contributed by atoms with E-state index in [0.717, 1.165) is 5.56 Å². The maximum Gasteiger partial charge on any atom is 0.264 e. The number of methoxy groups -OCH3 is 1. The Kier molecular flexibility index (Phi) is 7.11. The predicted octanol–water partition coefficient (Wildman–Crippen LogP) is 0.603. The van der Waals surface area contributed by atoms with Crippen molar-refractivity contribution in [3.05, 3.63) is 35.9 Å². The zero-order chi connectivity index (χ0) is 15.0. The molecule has 6 nitrogen and oxygen atoms in total. The van der Waals surface area contributed by atoms with Crippen molar-refractivity contribution < 1.29 is 22.8 Å². The van der Waals surface area contributed by atoms with Crippen molar-refractivity contribution >= 4 is 10.1 Å². The van der Waals surface area contributed by atoms with Crippen molar-refractivity contribution in [2.24, 2.45) is 0 Å². The fraction of sp³-hybridized carbons (Fsp3) is 0.538. The summed E-state index contributed by atoms with van der Waals surface area (Å²) in [5.74, 6) is -0.304. The molecular formula is C13H21NO5S. The summed E-state index contributed by atoms with van der Waals surface area (Å²) in [6.07, 6.45) is -0.484. The maximum absolute atomic E-state index is 10.6. The summed E-state index contributed by atoms with van der Waals surface area (Å²) in [5.41, 5.74) is 0.761. The normalized spacial score (nSPS) is 14.9. The second-order valence-electron chi connectivity index (χ2n) is 4.51. The minimum atomic E-state index is -3.94. The largest absolute Gasteiger partial charge is 0.387 e. The zero-order valence-electron chi connectivity index (χ0n) is 11.4. The summed E-state index contributed by atoms with van der Waals surface area (Å²) in [6, 6.07) is 8.81. The number of hydrogen-bond acceptors (Lipinski definition) is 5. The topological polar surface area (TPSA) is 95.9 Å². The van der Waals surface area contributed by atoms with Crippen molar-refractivity contribution in [2.75, 3.05) is 26.0 Å². The Morgan fingerprint density at radius 1 is 1.30 bits per heavy atom. The average Bonchev–Trinajstić information content (AvgIpc) is 2.41. The van der Waals surface area contributed by atoms with E-state index in [2.05, 4.69) is 5.32 Å². The minimum absolute atomic E-state index is 0.264. The molecule has 1 rings (SSSR count). The van der Waals surface area contributed by atoms with Crippen LogP contribution >= 0.6 is 0 Å². The first-order valence-electron chi connectivity index (χ1n) is 6.34. The molecular weight excluding hydrogens is 282 g/mol. The molecule has 0 bridgehead atoms. The van der Waals surface area contributed by atoms with Gasteiger partial charge in [0.05, 0.1) is 24.5 Å². The summed E-state index contributed by atoms with van der Waals surface area (Å²) in [5, 5.41) is 13.3. The molecule has 0 unspecified atom stereocenters. The van der Waals surface area contributed by atoms with E-state index >= 15 is 0 Å². The molecule has 0 aromatic heterocycles. The Balaban J connectivity index is 2.51. The van der Waals surface area contributed by atoms with Crippen LogP contribution in [0.5, 0.6) is 0 Å². The molecule has 3 N–H and O–H groups in total. The Hall–Kier alpha value is -0.990. The van der Waals surface area contributed by atoms with Gasteiger partial charge >= 0.3 is 0 Å². The van der Waals surface area contributed by atoms with E-state index < -0.39 is 16.2 Å². The van der Waals surface area contributed by atoms with Crippen molar-refractivity contribution in [1.82, 2.24) is 5.32 Å². The maximum atomic E-state index is 10.6. The molecule has 0 amide bonds. The summed E-state index contributed by atoms with van der Waals surface area (Å²) in [7, 11) is -2.41. The first kappa shape index (κ1) is 17.1. The highest BCUT2D eigenvalue weighted by atomic mass is 32.2. The predicted molar refractivity (Wildman–Crippen MR) is 76.1 cm³/mol. The molecule has 0 radical (unpaired) electrons. The van der Waals surface area contributed by atoms with Crippen molar-refractivity contribution in [1.29, 1.82) is 0 Å². The fourth-order valence-corrected chi connectivity index (χ4v) is 2.37. The van der Waals surface area contributed by atoms with Gasteiger partial charge in [0.1, 0.15) is 0 Å². The molecule has 0 aliphatic heterocycles. The van der Waals surface area contributed by atoms with Crippen LogP contribution < -0.4 is 5.32 Å². The van der Waals surface area contributed by atoms with Gasteiger partial charge in [0, 0.05) is 7.11 Å². The lowest BCUT2D eigenvalue weighted by molar-refractivity contribution is 0.0699. The number of hydrogen-bond donors (Lipinski definition) is 3. The van der Waals surface area contributed by atoms with Crippen LogP contribution in [0.1, 0.15) is 18.1 Å². The number of rotatable bonds is 9. The number of benzene rings is 1. The average molecular weight is 303 g/mol. The van der Waals surface area contributed by atoms with Gasteiger partial charge < -0.3 is 15.2 Å². The summed E-state index contributed by atoms with van der Waals surface area (Å²) < 4.78 is 34.9. The van der Waals surface area contributed by atoms with Crippen molar-refractivity contribution in [2.45, 2.75) is 18.6 Å². The fourth-order valence-electron chi connectivity index (χ4n) is 1.87. The molecule has 7 heteroatoms. The van der Waals surface area contributed by atoms with Gasteiger partial charge in [-0.05, 0) is 18.5 Å². The molecule has 0 heterocycles. The highest BCUT2D eigenvalue weighted by Crippen LogP contribution is 2.16. The third kappa shape index (κ3) is 6.44. The molecule has 1 aromatic rings. The highest BCUT2D eigenvalue weighted by molar-refractivity contribution is 7.85. The van der Waals surface area contributed by atoms with E-state index in [1.54, 1.807) is 0 Å². The molecule has 0 spiro atoms. The third-order valence-electron chi connectivity index (χ3n) is 2.85. The highest BCUT2D eigenvalue weighted by Gasteiger charge is 2.20. The molecule has 0 fully saturated rings. The SMILES string of the molecule is COC[C@H](NCCCS(=O)(=O)O)[C@@H](O)c1ccccc1. The van der Waals surface area contributed by atoms with E-state index in [9.17, 15) is 13.5 Å². The van der Waals surface area contributed by atoms with Crippen LogP contribution in [-0.4, -0.2) is 50.1 Å². The lowest BCUT2D eigenvalue weighted by Crippen LogP contribution is -2.39. The van der Waals surface area contributed by atoms with Gasteiger partial charge in [-0.25, -0.2) is 0 Å². The van der Waals surface area contributed by atoms with Crippen LogP contribution in [0.2, 0.25) is 0 Å². The Morgan fingerprint density at radius 3 is 2.50 bits per heavy atom. The van der Waals surface area contributed by atoms with Gasteiger partial charge in [0.15, 0.2) is 0 Å². The zero-order valence-corrected chi connectivity index (χ0v) is 12.2. The van der Waals surface area contributed by atoms with E-state index in [0.29, 0.717) is 13.2 Å². The van der Waals surface area contributed by atoms with Crippen LogP contribution in [0.15, 0.2) is 30.3 Å². The summed E-state index contributed by atoms with van der Waals surface area (Å²) in [4.78, 5) is 0. The lowest BCUT2D eigenvalue weighted by Gasteiger charge is -2.24. The summed E-state index contributed by atoms with van der Waals surface area (Å²) >= 11 is 0. The van der Waals surface area contributed by atoms with Gasteiger partial charge in [-0.3, -0.25) is 4.55 Å². The standard InChI is InChI=1S/C13H21NO5S/c1-19-10-12(14-8-5-9-20(16,17)18)13(15)11-6-3-2-4-7-11/h2-4,6-7,12-15H,5,8-10H2,1H3,(H,16,17,18)/t12-,13-/m0/s1. The molecule has 2 atom stereocenters. The van der Waals surface area contributed by atoms with Crippen LogP contribution in [0.3, 0.4) is 0 Å². The first-order valence-corrected chi connectivity index (χ1v) is 7.95. The van der Waals surface area contributed by atoms with Crippen molar-refractivity contribution in [3.8, 4) is 0 Å². The first-order chi connectivity index (χ1) is 9.44. The smallest absolute Gasteiger partial charge is 0.264 e. The van der Waals surface area contributed by atoms with Crippen LogP contribution in [0.4, 0.5) is 0 Å². The lowest BCUT2D eigenvalue weighted by atomic mass is 10.0. The molecule has 0 aliphatic rings. The second-order valence-corrected chi connectivity index (χ2v) is 6.08. The van der Waals surface area contributed by atoms with E-state index in [1.165, 1.54) is 7.11 Å². The minimum Gasteiger partial charge on any atom is -0.387 e. The van der Waals surface area contributed by atoms with Gasteiger partial charge in [-0.2, -0.15) is 8.42 Å². The Labute approximate surface area is 119 Å². The Morgan fingerprint density at radius 2 is 1.95 bits per heavy atom. The van der Waals surface area contributed by atoms with Gasteiger partial charge in [0.25, 0.3) is 10.1 Å². The van der Waals surface area contributed by atoms with Crippen LogP contribution in [0, 0.1) is 0 Å². The monoisotopic (exact) mass is 303 g/mol. The van der Waals surface area contributed by atoms with Crippen LogP contribution in [0.25, 0.3) is 0 Å². The molecule has 20 heavy (non-hydrogen) atoms. The van der Waals surface area contributed by atoms with Gasteiger partial charge in [-0.1, -0.05) is 30.3 Å². The van der Waals surface area contributed by atoms with E-state index in [1.807, 2.05) is 30.3 Å². The van der Waals surface area contributed by atoms with Gasteiger partial charge in [0.2, 0.25) is 0 Å². The molecule has 114 valence electrons. The molecule has 1 aromatic carbocycles. The number of aliphatic hydroxyl groups is 1.